The highest BCUT2D eigenvalue weighted by Crippen LogP contribution is 2.05. The van der Waals surface area contributed by atoms with Gasteiger partial charge in [-0.3, -0.25) is 0 Å². The first-order valence-corrected chi connectivity index (χ1v) is 3.30. The molecule has 0 amide bonds. The minimum Gasteiger partial charge on any atom is -0.512 e. The second kappa shape index (κ2) is 4.18. The van der Waals surface area contributed by atoms with E-state index in [1.807, 2.05) is 0 Å². The van der Waals surface area contributed by atoms with Crippen molar-refractivity contribution in [2.45, 2.75) is 13.8 Å². The lowest BCUT2D eigenvalue weighted by Gasteiger charge is -1.92. The van der Waals surface area contributed by atoms with E-state index in [-0.39, 0.29) is 0 Å². The summed E-state index contributed by atoms with van der Waals surface area (Å²) >= 11 is 5.44. The molecule has 0 spiro atoms. The van der Waals surface area contributed by atoms with E-state index in [9.17, 15) is 0 Å². The molecular formula is C8H11ClO. The van der Waals surface area contributed by atoms with E-state index < -0.39 is 0 Å². The maximum Gasteiger partial charge on any atom is 0.0920 e. The van der Waals surface area contributed by atoms with Crippen LogP contribution in [-0.4, -0.2) is 5.11 Å². The Labute approximate surface area is 66.3 Å². The molecule has 0 unspecified atom stereocenters. The van der Waals surface area contributed by atoms with Crippen molar-refractivity contribution in [3.8, 4) is 0 Å². The molecule has 0 aliphatic rings. The lowest BCUT2D eigenvalue weighted by molar-refractivity contribution is 0.409. The maximum absolute atomic E-state index is 8.89. The minimum atomic E-state index is 0.300. The van der Waals surface area contributed by atoms with Crippen molar-refractivity contribution in [1.29, 1.82) is 0 Å². The summed E-state index contributed by atoms with van der Waals surface area (Å²) in [6.07, 6.45) is 3.35. The molecule has 0 aliphatic heterocycles. The standard InChI is InChI=1S/C8H11ClO/c1-6(8(3)10)4-5-7(2)9/h4-5,10H,2H2,1,3H3/b5-4-,8-6+. The van der Waals surface area contributed by atoms with Crippen LogP contribution in [0.15, 0.2) is 35.1 Å². The van der Waals surface area contributed by atoms with Gasteiger partial charge in [0.05, 0.1) is 5.76 Å². The largest absolute Gasteiger partial charge is 0.512 e. The fraction of sp³-hybridized carbons (Fsp3) is 0.250. The van der Waals surface area contributed by atoms with Gasteiger partial charge in [-0.2, -0.15) is 0 Å². The molecule has 0 fully saturated rings. The molecular weight excluding hydrogens is 148 g/mol. The molecule has 0 rings (SSSR count). The van der Waals surface area contributed by atoms with Crippen molar-refractivity contribution < 1.29 is 5.11 Å². The molecule has 56 valence electrons. The van der Waals surface area contributed by atoms with E-state index in [0.29, 0.717) is 10.8 Å². The molecule has 0 aromatic carbocycles. The summed E-state index contributed by atoms with van der Waals surface area (Å²) < 4.78 is 0. The van der Waals surface area contributed by atoms with E-state index in [1.165, 1.54) is 0 Å². The van der Waals surface area contributed by atoms with Gasteiger partial charge < -0.3 is 5.11 Å². The molecule has 0 aliphatic carbocycles. The molecule has 0 bridgehead atoms. The average molecular weight is 159 g/mol. The number of halogens is 1. The van der Waals surface area contributed by atoms with Gasteiger partial charge in [0.1, 0.15) is 0 Å². The third-order valence-electron chi connectivity index (χ3n) is 1.08. The van der Waals surface area contributed by atoms with Gasteiger partial charge in [-0.15, -0.1) is 0 Å². The van der Waals surface area contributed by atoms with Gasteiger partial charge in [-0.25, -0.2) is 0 Å². The number of hydrogen-bond acceptors (Lipinski definition) is 1. The van der Waals surface area contributed by atoms with E-state index in [1.54, 1.807) is 26.0 Å². The van der Waals surface area contributed by atoms with Gasteiger partial charge in [0.25, 0.3) is 0 Å². The van der Waals surface area contributed by atoms with Gasteiger partial charge >= 0.3 is 0 Å². The van der Waals surface area contributed by atoms with Crippen LogP contribution < -0.4 is 0 Å². The zero-order valence-electron chi connectivity index (χ0n) is 6.19. The van der Waals surface area contributed by atoms with Crippen molar-refractivity contribution in [3.63, 3.8) is 0 Å². The van der Waals surface area contributed by atoms with Crippen molar-refractivity contribution in [2.75, 3.05) is 0 Å². The molecule has 0 aromatic rings. The Morgan fingerprint density at radius 3 is 2.20 bits per heavy atom. The average Bonchev–Trinajstić information content (AvgIpc) is 1.82. The zero-order valence-corrected chi connectivity index (χ0v) is 6.94. The van der Waals surface area contributed by atoms with Gasteiger partial charge in [0, 0.05) is 5.03 Å². The first-order valence-electron chi connectivity index (χ1n) is 2.93. The highest BCUT2D eigenvalue weighted by molar-refractivity contribution is 6.30. The summed E-state index contributed by atoms with van der Waals surface area (Å²) in [7, 11) is 0. The normalized spacial score (nSPS) is 13.5. The predicted molar refractivity (Wildman–Crippen MR) is 45.1 cm³/mol. The Morgan fingerprint density at radius 2 is 1.90 bits per heavy atom. The molecule has 10 heavy (non-hydrogen) atoms. The van der Waals surface area contributed by atoms with Crippen LogP contribution in [0.5, 0.6) is 0 Å². The number of rotatable bonds is 2. The SMILES string of the molecule is C=C(Cl)/C=C\C(C)=C(/C)O. The molecule has 1 nitrogen and oxygen atoms in total. The second-order valence-electron chi connectivity index (χ2n) is 2.05. The first-order chi connectivity index (χ1) is 4.54. The Hall–Kier alpha value is -0.690. The van der Waals surface area contributed by atoms with Crippen LogP contribution in [0.2, 0.25) is 0 Å². The van der Waals surface area contributed by atoms with Gasteiger partial charge in [-0.1, -0.05) is 24.3 Å². The van der Waals surface area contributed by atoms with Crippen LogP contribution in [0.3, 0.4) is 0 Å². The van der Waals surface area contributed by atoms with Crippen LogP contribution in [0.4, 0.5) is 0 Å². The lowest BCUT2D eigenvalue weighted by Crippen LogP contribution is -1.76. The van der Waals surface area contributed by atoms with E-state index in [4.69, 9.17) is 16.7 Å². The molecule has 0 radical (unpaired) electrons. The zero-order chi connectivity index (χ0) is 8.15. The van der Waals surface area contributed by atoms with E-state index >= 15 is 0 Å². The van der Waals surface area contributed by atoms with Crippen LogP contribution >= 0.6 is 11.6 Å². The van der Waals surface area contributed by atoms with Crippen LogP contribution in [0.1, 0.15) is 13.8 Å². The fourth-order valence-electron chi connectivity index (χ4n) is 0.336. The molecule has 0 aromatic heterocycles. The third kappa shape index (κ3) is 4.21. The van der Waals surface area contributed by atoms with Crippen molar-refractivity contribution in [2.24, 2.45) is 0 Å². The molecule has 0 atom stereocenters. The number of allylic oxidation sites excluding steroid dienone is 5. The Bertz CT molecular complexity index is 185. The predicted octanol–water partition coefficient (Wildman–Crippen LogP) is 3.15. The quantitative estimate of drug-likeness (QED) is 0.484. The molecule has 0 saturated carbocycles. The third-order valence-corrected chi connectivity index (χ3v) is 1.21. The Morgan fingerprint density at radius 1 is 1.40 bits per heavy atom. The van der Waals surface area contributed by atoms with Gasteiger partial charge in [0.15, 0.2) is 0 Å². The Balaban J connectivity index is 4.16. The molecule has 0 saturated heterocycles. The van der Waals surface area contributed by atoms with Gasteiger partial charge in [-0.05, 0) is 25.5 Å². The molecule has 2 heteroatoms. The highest BCUT2D eigenvalue weighted by atomic mass is 35.5. The van der Waals surface area contributed by atoms with Crippen molar-refractivity contribution in [3.05, 3.63) is 35.1 Å². The monoisotopic (exact) mass is 158 g/mol. The lowest BCUT2D eigenvalue weighted by atomic mass is 10.2. The number of aliphatic hydroxyl groups excluding tert-OH is 1. The highest BCUT2D eigenvalue weighted by Gasteiger charge is 1.86. The maximum atomic E-state index is 8.89. The van der Waals surface area contributed by atoms with E-state index in [2.05, 4.69) is 6.58 Å². The summed E-state index contributed by atoms with van der Waals surface area (Å²) in [5, 5.41) is 9.35. The van der Waals surface area contributed by atoms with Crippen LogP contribution in [0.25, 0.3) is 0 Å². The van der Waals surface area contributed by atoms with Crippen LogP contribution in [-0.2, 0) is 0 Å². The second-order valence-corrected chi connectivity index (χ2v) is 2.53. The summed E-state index contributed by atoms with van der Waals surface area (Å²) in [6.45, 7) is 6.88. The fourth-order valence-corrected chi connectivity index (χ4v) is 0.399. The molecule has 0 heterocycles. The smallest absolute Gasteiger partial charge is 0.0920 e. The van der Waals surface area contributed by atoms with E-state index in [0.717, 1.165) is 5.57 Å². The molecule has 1 N–H and O–H groups in total. The summed E-state index contributed by atoms with van der Waals surface area (Å²) in [6, 6.07) is 0. The number of hydrogen-bond donors (Lipinski definition) is 1. The summed E-state index contributed by atoms with van der Waals surface area (Å²) in [5.41, 5.74) is 0.793. The van der Waals surface area contributed by atoms with Crippen LogP contribution in [0, 0.1) is 0 Å². The van der Waals surface area contributed by atoms with Crippen molar-refractivity contribution >= 4 is 11.6 Å². The summed E-state index contributed by atoms with van der Waals surface area (Å²) in [4.78, 5) is 0. The topological polar surface area (TPSA) is 20.2 Å². The Kier molecular flexibility index (Phi) is 3.89. The van der Waals surface area contributed by atoms with Gasteiger partial charge in [0.2, 0.25) is 0 Å². The number of aliphatic hydroxyl groups is 1. The van der Waals surface area contributed by atoms with Crippen molar-refractivity contribution in [1.82, 2.24) is 0 Å². The first kappa shape index (κ1) is 9.31. The minimum absolute atomic E-state index is 0.300. The summed E-state index contributed by atoms with van der Waals surface area (Å²) in [5.74, 6) is 0.300.